The number of hydrogen-bond donors (Lipinski definition) is 1. The van der Waals surface area contributed by atoms with Crippen LogP contribution in [0.25, 0.3) is 0 Å². The molecule has 122 valence electrons. The predicted octanol–water partition coefficient (Wildman–Crippen LogP) is 4.98. The van der Waals surface area contributed by atoms with E-state index in [4.69, 9.17) is 9.53 Å². The number of halogens is 2. The summed E-state index contributed by atoms with van der Waals surface area (Å²) in [5.74, 6) is -2.73. The van der Waals surface area contributed by atoms with Crippen LogP contribution in [0.15, 0.2) is 0 Å². The molecule has 0 atom stereocenters. The SMILES string of the molecule is CC(C)[Si](OCCC(F)(F)CCCO)(C(C)C)C(C)C. The summed E-state index contributed by atoms with van der Waals surface area (Å²) in [4.78, 5) is 0. The Morgan fingerprint density at radius 3 is 1.75 bits per heavy atom. The Hall–Kier alpha value is -0.00312. The molecule has 0 radical (unpaired) electrons. The van der Waals surface area contributed by atoms with Gasteiger partial charge in [-0.15, -0.1) is 0 Å². The topological polar surface area (TPSA) is 29.5 Å². The van der Waals surface area contributed by atoms with Crippen molar-refractivity contribution in [3.8, 4) is 0 Å². The largest absolute Gasteiger partial charge is 0.416 e. The Balaban J connectivity index is 4.64. The zero-order valence-electron chi connectivity index (χ0n) is 13.9. The van der Waals surface area contributed by atoms with Gasteiger partial charge < -0.3 is 9.53 Å². The lowest BCUT2D eigenvalue weighted by Crippen LogP contribution is -2.48. The van der Waals surface area contributed by atoms with Crippen LogP contribution in [-0.2, 0) is 4.43 Å². The van der Waals surface area contributed by atoms with E-state index in [-0.39, 0.29) is 32.5 Å². The fourth-order valence-corrected chi connectivity index (χ4v) is 8.80. The van der Waals surface area contributed by atoms with Crippen molar-refractivity contribution in [2.75, 3.05) is 13.2 Å². The molecule has 0 aliphatic rings. The molecule has 5 heteroatoms. The van der Waals surface area contributed by atoms with Crippen molar-refractivity contribution in [2.45, 2.75) is 83.4 Å². The average Bonchev–Trinajstić information content (AvgIpc) is 2.30. The maximum atomic E-state index is 13.6. The molecule has 0 aliphatic carbocycles. The van der Waals surface area contributed by atoms with Crippen molar-refractivity contribution in [2.24, 2.45) is 0 Å². The second kappa shape index (κ2) is 8.44. The minimum Gasteiger partial charge on any atom is -0.416 e. The van der Waals surface area contributed by atoms with E-state index < -0.39 is 14.2 Å². The highest BCUT2D eigenvalue weighted by Gasteiger charge is 2.45. The zero-order valence-corrected chi connectivity index (χ0v) is 14.9. The average molecular weight is 311 g/mol. The van der Waals surface area contributed by atoms with E-state index in [0.29, 0.717) is 16.6 Å². The highest BCUT2D eigenvalue weighted by Crippen LogP contribution is 2.42. The molecule has 1 N–H and O–H groups in total. The van der Waals surface area contributed by atoms with Gasteiger partial charge in [-0.3, -0.25) is 0 Å². The predicted molar refractivity (Wildman–Crippen MR) is 82.9 cm³/mol. The molecule has 0 aromatic carbocycles. The molecule has 20 heavy (non-hydrogen) atoms. The smallest absolute Gasteiger partial charge is 0.250 e. The number of aliphatic hydroxyl groups is 1. The number of rotatable bonds is 10. The van der Waals surface area contributed by atoms with Crippen molar-refractivity contribution in [1.82, 2.24) is 0 Å². The third kappa shape index (κ3) is 5.41. The van der Waals surface area contributed by atoms with Gasteiger partial charge in [0.2, 0.25) is 5.92 Å². The first-order chi connectivity index (χ1) is 9.10. The molecule has 0 aromatic heterocycles. The third-order valence-electron chi connectivity index (χ3n) is 4.23. The summed E-state index contributed by atoms with van der Waals surface area (Å²) < 4.78 is 33.4. The molecule has 2 nitrogen and oxygen atoms in total. The first-order valence-electron chi connectivity index (χ1n) is 7.72. The molecule has 0 heterocycles. The summed E-state index contributed by atoms with van der Waals surface area (Å²) in [5, 5.41) is 8.64. The van der Waals surface area contributed by atoms with Gasteiger partial charge in [0.25, 0.3) is 0 Å². The lowest BCUT2D eigenvalue weighted by molar-refractivity contribution is -0.0324. The van der Waals surface area contributed by atoms with Crippen molar-refractivity contribution < 1.29 is 18.3 Å². The van der Waals surface area contributed by atoms with Crippen LogP contribution >= 0.6 is 0 Å². The molecule has 0 saturated heterocycles. The van der Waals surface area contributed by atoms with E-state index in [2.05, 4.69) is 41.5 Å². The normalized spacial score (nSPS) is 13.8. The highest BCUT2D eigenvalue weighted by molar-refractivity contribution is 6.77. The summed E-state index contributed by atoms with van der Waals surface area (Å²) in [6.07, 6.45) is -0.353. The summed E-state index contributed by atoms with van der Waals surface area (Å²) in [7, 11) is -2.04. The van der Waals surface area contributed by atoms with E-state index in [9.17, 15) is 8.78 Å². The standard InChI is InChI=1S/C15H32F2O2Si/c1-12(2)20(13(3)4,14(5)6)19-11-9-15(16,17)8-7-10-18/h12-14,18H,7-11H2,1-6H3. The van der Waals surface area contributed by atoms with Gasteiger partial charge in [0.1, 0.15) is 0 Å². The Morgan fingerprint density at radius 2 is 1.40 bits per heavy atom. The summed E-state index contributed by atoms with van der Waals surface area (Å²) in [6.45, 7) is 12.8. The maximum absolute atomic E-state index is 13.6. The van der Waals surface area contributed by atoms with E-state index >= 15 is 0 Å². The van der Waals surface area contributed by atoms with Crippen LogP contribution in [0.1, 0.15) is 60.8 Å². The molecular weight excluding hydrogens is 278 g/mol. The number of aliphatic hydroxyl groups excluding tert-OH is 1. The van der Waals surface area contributed by atoms with Crippen molar-refractivity contribution >= 4 is 8.32 Å². The van der Waals surface area contributed by atoms with Gasteiger partial charge in [-0.05, 0) is 23.0 Å². The number of hydrogen-bond acceptors (Lipinski definition) is 2. The fourth-order valence-electron chi connectivity index (χ4n) is 3.34. The van der Waals surface area contributed by atoms with E-state index in [1.807, 2.05) is 0 Å². The Bertz CT molecular complexity index is 247. The van der Waals surface area contributed by atoms with Gasteiger partial charge in [-0.25, -0.2) is 8.78 Å². The molecule has 0 amide bonds. The number of alkyl halides is 2. The monoisotopic (exact) mass is 310 g/mol. The van der Waals surface area contributed by atoms with Crippen LogP contribution in [0, 0.1) is 0 Å². The minimum atomic E-state index is -2.73. The molecule has 0 rings (SSSR count). The second-order valence-electron chi connectivity index (χ2n) is 6.60. The minimum absolute atomic E-state index is 0.124. The lowest BCUT2D eigenvalue weighted by atomic mass is 10.1. The third-order valence-corrected chi connectivity index (χ3v) is 10.3. The Morgan fingerprint density at radius 1 is 0.950 bits per heavy atom. The molecule has 0 aliphatic heterocycles. The first kappa shape index (κ1) is 20.0. The van der Waals surface area contributed by atoms with Crippen LogP contribution in [0.5, 0.6) is 0 Å². The van der Waals surface area contributed by atoms with Crippen LogP contribution in [0.4, 0.5) is 8.78 Å². The first-order valence-corrected chi connectivity index (χ1v) is 9.86. The van der Waals surface area contributed by atoms with Crippen LogP contribution < -0.4 is 0 Å². The van der Waals surface area contributed by atoms with Gasteiger partial charge in [-0.1, -0.05) is 41.5 Å². The van der Waals surface area contributed by atoms with Gasteiger partial charge in [0.05, 0.1) is 0 Å². The van der Waals surface area contributed by atoms with Crippen molar-refractivity contribution in [3.05, 3.63) is 0 Å². The quantitative estimate of drug-likeness (QED) is 0.577. The van der Waals surface area contributed by atoms with Crippen molar-refractivity contribution in [1.29, 1.82) is 0 Å². The highest BCUT2D eigenvalue weighted by atomic mass is 28.4. The molecule has 0 spiro atoms. The second-order valence-corrected chi connectivity index (χ2v) is 12.1. The summed E-state index contributed by atoms with van der Waals surface area (Å²) in [5.41, 5.74) is 1.23. The van der Waals surface area contributed by atoms with Crippen molar-refractivity contribution in [3.63, 3.8) is 0 Å². The molecular formula is C15H32F2O2Si. The summed E-state index contributed by atoms with van der Waals surface area (Å²) in [6, 6.07) is 0. The zero-order chi connectivity index (χ0) is 16.0. The Kier molecular flexibility index (Phi) is 8.44. The van der Waals surface area contributed by atoms with Crippen LogP contribution in [0.3, 0.4) is 0 Å². The van der Waals surface area contributed by atoms with Crippen LogP contribution in [0.2, 0.25) is 16.6 Å². The maximum Gasteiger partial charge on any atom is 0.250 e. The Labute approximate surface area is 124 Å². The lowest BCUT2D eigenvalue weighted by Gasteiger charge is -2.42. The summed E-state index contributed by atoms with van der Waals surface area (Å²) >= 11 is 0. The van der Waals surface area contributed by atoms with Gasteiger partial charge in [0.15, 0.2) is 8.32 Å². The van der Waals surface area contributed by atoms with E-state index in [1.54, 1.807) is 0 Å². The van der Waals surface area contributed by atoms with Crippen LogP contribution in [-0.4, -0.2) is 32.6 Å². The molecule has 0 bridgehead atoms. The van der Waals surface area contributed by atoms with E-state index in [1.165, 1.54) is 0 Å². The fraction of sp³-hybridized carbons (Fsp3) is 1.00. The van der Waals surface area contributed by atoms with E-state index in [0.717, 1.165) is 0 Å². The van der Waals surface area contributed by atoms with Gasteiger partial charge >= 0.3 is 0 Å². The molecule has 0 unspecified atom stereocenters. The molecule has 0 saturated carbocycles. The van der Waals surface area contributed by atoms with Gasteiger partial charge in [-0.2, -0.15) is 0 Å². The van der Waals surface area contributed by atoms with Gasteiger partial charge in [0, 0.05) is 26.1 Å². The molecule has 0 fully saturated rings. The molecule has 0 aromatic rings.